The number of hydrogen-bond donors (Lipinski definition) is 0. The van der Waals surface area contributed by atoms with Gasteiger partial charge in [0.1, 0.15) is 12.0 Å². The molecular formula is C12H18N2O2. The second-order valence-corrected chi connectivity index (χ2v) is 4.33. The zero-order valence-corrected chi connectivity index (χ0v) is 9.74. The van der Waals surface area contributed by atoms with Crippen molar-refractivity contribution in [1.82, 2.24) is 9.88 Å². The maximum absolute atomic E-state index is 11.0. The molecule has 0 bridgehead atoms. The molecule has 1 fully saturated rings. The Morgan fingerprint density at radius 3 is 2.81 bits per heavy atom. The molecule has 2 heterocycles. The van der Waals surface area contributed by atoms with E-state index in [1.54, 1.807) is 0 Å². The van der Waals surface area contributed by atoms with Crippen LogP contribution in [0.2, 0.25) is 0 Å². The summed E-state index contributed by atoms with van der Waals surface area (Å²) in [5, 5.41) is 0. The number of piperidine rings is 1. The Kier molecular flexibility index (Phi) is 3.72. The lowest BCUT2D eigenvalue weighted by Crippen LogP contribution is -2.31. The Morgan fingerprint density at radius 1 is 1.44 bits per heavy atom. The number of Topliss-reactive ketones (excluding diaryl/α,β-unsaturated/α-hetero) is 1. The van der Waals surface area contributed by atoms with E-state index in [9.17, 15) is 4.79 Å². The fourth-order valence-corrected chi connectivity index (χ4v) is 2.02. The summed E-state index contributed by atoms with van der Waals surface area (Å²) in [6.45, 7) is 4.85. The van der Waals surface area contributed by atoms with Crippen LogP contribution in [0.4, 0.5) is 0 Å². The smallest absolute Gasteiger partial charge is 0.195 e. The highest BCUT2D eigenvalue weighted by Gasteiger charge is 2.12. The van der Waals surface area contributed by atoms with Crippen molar-refractivity contribution < 1.29 is 9.21 Å². The van der Waals surface area contributed by atoms with E-state index in [-0.39, 0.29) is 5.78 Å². The molecule has 88 valence electrons. The van der Waals surface area contributed by atoms with Gasteiger partial charge in [-0.2, -0.15) is 0 Å². The highest BCUT2D eigenvalue weighted by Crippen LogP contribution is 2.10. The number of oxazole rings is 1. The average Bonchev–Trinajstić information content (AvgIpc) is 2.76. The highest BCUT2D eigenvalue weighted by molar-refractivity contribution is 5.91. The van der Waals surface area contributed by atoms with Gasteiger partial charge in [0, 0.05) is 19.9 Å². The van der Waals surface area contributed by atoms with Gasteiger partial charge in [0.15, 0.2) is 11.7 Å². The maximum atomic E-state index is 11.0. The van der Waals surface area contributed by atoms with Gasteiger partial charge in [0.2, 0.25) is 0 Å². The molecule has 2 rings (SSSR count). The molecule has 1 aromatic heterocycles. The second kappa shape index (κ2) is 5.25. The summed E-state index contributed by atoms with van der Waals surface area (Å²) < 4.78 is 5.26. The van der Waals surface area contributed by atoms with Crippen LogP contribution in [0.1, 0.15) is 42.6 Å². The minimum Gasteiger partial charge on any atom is -0.448 e. The molecule has 1 aromatic rings. The van der Waals surface area contributed by atoms with Crippen molar-refractivity contribution in [1.29, 1.82) is 0 Å². The Morgan fingerprint density at radius 2 is 2.19 bits per heavy atom. The van der Waals surface area contributed by atoms with Crippen LogP contribution < -0.4 is 0 Å². The quantitative estimate of drug-likeness (QED) is 0.730. The summed E-state index contributed by atoms with van der Waals surface area (Å²) in [7, 11) is 0. The topological polar surface area (TPSA) is 46.3 Å². The molecule has 16 heavy (non-hydrogen) atoms. The van der Waals surface area contributed by atoms with Crippen LogP contribution in [-0.2, 0) is 6.42 Å². The molecular weight excluding hydrogens is 204 g/mol. The Balaban J connectivity index is 1.81. The van der Waals surface area contributed by atoms with Crippen molar-refractivity contribution in [3.05, 3.63) is 17.8 Å². The standard InChI is InChI=1S/C12H18N2O2/c1-10(15)11-9-16-12(13-11)5-8-14-6-3-2-4-7-14/h9H,2-8H2,1H3. The zero-order chi connectivity index (χ0) is 11.4. The zero-order valence-electron chi connectivity index (χ0n) is 9.74. The Bertz CT molecular complexity index is 354. The fourth-order valence-electron chi connectivity index (χ4n) is 2.02. The molecule has 0 aromatic carbocycles. The van der Waals surface area contributed by atoms with Crippen molar-refractivity contribution in [3.63, 3.8) is 0 Å². The van der Waals surface area contributed by atoms with E-state index in [4.69, 9.17) is 4.42 Å². The molecule has 4 nitrogen and oxygen atoms in total. The molecule has 0 N–H and O–H groups in total. The largest absolute Gasteiger partial charge is 0.448 e. The Hall–Kier alpha value is -1.16. The summed E-state index contributed by atoms with van der Waals surface area (Å²) in [6.07, 6.45) is 6.19. The first-order valence-electron chi connectivity index (χ1n) is 5.93. The van der Waals surface area contributed by atoms with Crippen molar-refractivity contribution in [2.45, 2.75) is 32.6 Å². The third-order valence-corrected chi connectivity index (χ3v) is 3.00. The number of aromatic nitrogens is 1. The van der Waals surface area contributed by atoms with Crippen LogP contribution in [-0.4, -0.2) is 35.3 Å². The van der Waals surface area contributed by atoms with E-state index in [1.165, 1.54) is 45.5 Å². The van der Waals surface area contributed by atoms with Gasteiger partial charge in [-0.05, 0) is 25.9 Å². The van der Waals surface area contributed by atoms with Crippen molar-refractivity contribution in [2.75, 3.05) is 19.6 Å². The average molecular weight is 222 g/mol. The van der Waals surface area contributed by atoms with Gasteiger partial charge in [0.25, 0.3) is 0 Å². The van der Waals surface area contributed by atoms with E-state index in [0.717, 1.165) is 13.0 Å². The first-order chi connectivity index (χ1) is 7.75. The van der Waals surface area contributed by atoms with E-state index >= 15 is 0 Å². The number of likely N-dealkylation sites (tertiary alicyclic amines) is 1. The number of rotatable bonds is 4. The molecule has 0 amide bonds. The summed E-state index contributed by atoms with van der Waals surface area (Å²) in [5.74, 6) is 0.642. The van der Waals surface area contributed by atoms with Crippen molar-refractivity contribution >= 4 is 5.78 Å². The first-order valence-corrected chi connectivity index (χ1v) is 5.93. The fraction of sp³-hybridized carbons (Fsp3) is 0.667. The summed E-state index contributed by atoms with van der Waals surface area (Å²) in [4.78, 5) is 17.6. The normalized spacial score (nSPS) is 17.6. The number of carbonyl (C=O) groups is 1. The second-order valence-electron chi connectivity index (χ2n) is 4.33. The molecule has 0 radical (unpaired) electrons. The molecule has 0 spiro atoms. The lowest BCUT2D eigenvalue weighted by Gasteiger charge is -2.25. The summed E-state index contributed by atoms with van der Waals surface area (Å²) >= 11 is 0. The minimum atomic E-state index is -0.0343. The molecule has 1 aliphatic rings. The van der Waals surface area contributed by atoms with E-state index in [2.05, 4.69) is 9.88 Å². The van der Waals surface area contributed by atoms with Gasteiger partial charge in [0.05, 0.1) is 0 Å². The molecule has 0 unspecified atom stereocenters. The van der Waals surface area contributed by atoms with Gasteiger partial charge >= 0.3 is 0 Å². The summed E-state index contributed by atoms with van der Waals surface area (Å²) in [6, 6.07) is 0. The van der Waals surface area contributed by atoms with Crippen LogP contribution in [0, 0.1) is 0 Å². The predicted molar refractivity (Wildman–Crippen MR) is 60.5 cm³/mol. The molecule has 0 saturated carbocycles. The summed E-state index contributed by atoms with van der Waals surface area (Å²) in [5.41, 5.74) is 0.439. The number of ketones is 1. The van der Waals surface area contributed by atoms with Crippen LogP contribution in [0.5, 0.6) is 0 Å². The monoisotopic (exact) mass is 222 g/mol. The molecule has 0 aliphatic carbocycles. The molecule has 1 aliphatic heterocycles. The van der Waals surface area contributed by atoms with Gasteiger partial charge in [-0.15, -0.1) is 0 Å². The van der Waals surface area contributed by atoms with Crippen LogP contribution in [0.15, 0.2) is 10.7 Å². The predicted octanol–water partition coefficient (Wildman–Crippen LogP) is 1.91. The molecule has 0 atom stereocenters. The minimum absolute atomic E-state index is 0.0343. The van der Waals surface area contributed by atoms with Crippen molar-refractivity contribution in [2.24, 2.45) is 0 Å². The maximum Gasteiger partial charge on any atom is 0.195 e. The lowest BCUT2D eigenvalue weighted by atomic mass is 10.1. The highest BCUT2D eigenvalue weighted by atomic mass is 16.3. The third kappa shape index (κ3) is 2.92. The van der Waals surface area contributed by atoms with E-state index < -0.39 is 0 Å². The molecule has 1 saturated heterocycles. The first kappa shape index (κ1) is 11.3. The number of hydrogen-bond acceptors (Lipinski definition) is 4. The number of nitrogens with zero attached hydrogens (tertiary/aromatic N) is 2. The van der Waals surface area contributed by atoms with E-state index in [0.29, 0.717) is 11.6 Å². The third-order valence-electron chi connectivity index (χ3n) is 3.00. The van der Waals surface area contributed by atoms with Gasteiger partial charge in [-0.25, -0.2) is 4.98 Å². The number of carbonyl (C=O) groups excluding carboxylic acids is 1. The van der Waals surface area contributed by atoms with Crippen molar-refractivity contribution in [3.8, 4) is 0 Å². The van der Waals surface area contributed by atoms with Gasteiger partial charge < -0.3 is 9.32 Å². The van der Waals surface area contributed by atoms with Crippen LogP contribution >= 0.6 is 0 Å². The van der Waals surface area contributed by atoms with E-state index in [1.807, 2.05) is 0 Å². The van der Waals surface area contributed by atoms with Gasteiger partial charge in [-0.1, -0.05) is 6.42 Å². The van der Waals surface area contributed by atoms with Crippen LogP contribution in [0.3, 0.4) is 0 Å². The molecule has 4 heteroatoms. The van der Waals surface area contributed by atoms with Gasteiger partial charge in [-0.3, -0.25) is 4.79 Å². The van der Waals surface area contributed by atoms with Crippen LogP contribution in [0.25, 0.3) is 0 Å². The SMILES string of the molecule is CC(=O)c1coc(CCN2CCCCC2)n1. The lowest BCUT2D eigenvalue weighted by molar-refractivity contribution is 0.101. The Labute approximate surface area is 95.6 Å².